The summed E-state index contributed by atoms with van der Waals surface area (Å²) in [6, 6.07) is 7.50. The van der Waals surface area contributed by atoms with E-state index in [4.69, 9.17) is 9.84 Å². The van der Waals surface area contributed by atoms with Gasteiger partial charge in [0.25, 0.3) is 0 Å². The number of aliphatic hydroxyl groups excluding tert-OH is 1. The Morgan fingerprint density at radius 3 is 2.57 bits per heavy atom. The summed E-state index contributed by atoms with van der Waals surface area (Å²) < 4.78 is 5.49. The topological polar surface area (TPSA) is 41.5 Å². The molecule has 0 spiro atoms. The van der Waals surface area contributed by atoms with Crippen LogP contribution in [0.2, 0.25) is 0 Å². The average molecular weight is 195 g/mol. The van der Waals surface area contributed by atoms with Crippen LogP contribution in [0.5, 0.6) is 5.75 Å². The smallest absolute Gasteiger partial charge is 0.119 e. The summed E-state index contributed by atoms with van der Waals surface area (Å²) in [4.78, 5) is 0. The highest BCUT2D eigenvalue weighted by molar-refractivity contribution is 5.26. The van der Waals surface area contributed by atoms with Crippen LogP contribution in [0.15, 0.2) is 24.3 Å². The molecule has 0 fully saturated rings. The van der Waals surface area contributed by atoms with E-state index in [-0.39, 0.29) is 6.61 Å². The summed E-state index contributed by atoms with van der Waals surface area (Å²) in [5.41, 5.74) is 0.910. The van der Waals surface area contributed by atoms with Crippen molar-refractivity contribution in [3.05, 3.63) is 29.8 Å². The fourth-order valence-corrected chi connectivity index (χ4v) is 1.13. The highest BCUT2D eigenvalue weighted by Gasteiger charge is 1.93. The molecule has 0 aliphatic rings. The summed E-state index contributed by atoms with van der Waals surface area (Å²) in [6.07, 6.45) is 0.998. The van der Waals surface area contributed by atoms with E-state index in [0.717, 1.165) is 30.9 Å². The zero-order chi connectivity index (χ0) is 10.2. The van der Waals surface area contributed by atoms with Gasteiger partial charge >= 0.3 is 0 Å². The Hall–Kier alpha value is -1.06. The molecule has 0 heterocycles. The van der Waals surface area contributed by atoms with Crippen molar-refractivity contribution in [3.8, 4) is 5.75 Å². The molecule has 0 saturated heterocycles. The minimum absolute atomic E-state index is 0.0834. The van der Waals surface area contributed by atoms with E-state index in [2.05, 4.69) is 5.32 Å². The second-order valence-electron chi connectivity index (χ2n) is 3.11. The number of ether oxygens (including phenoxy) is 1. The Labute approximate surface area is 84.7 Å². The van der Waals surface area contributed by atoms with Crippen molar-refractivity contribution < 1.29 is 9.84 Å². The maximum Gasteiger partial charge on any atom is 0.119 e. The van der Waals surface area contributed by atoms with Crippen LogP contribution >= 0.6 is 0 Å². The lowest BCUT2D eigenvalue weighted by atomic mass is 10.2. The van der Waals surface area contributed by atoms with E-state index in [0.29, 0.717) is 0 Å². The Balaban J connectivity index is 2.29. The van der Waals surface area contributed by atoms with Crippen molar-refractivity contribution in [2.75, 3.05) is 20.2 Å². The van der Waals surface area contributed by atoms with Crippen molar-refractivity contribution in [1.82, 2.24) is 5.32 Å². The first-order valence-electron chi connectivity index (χ1n) is 4.84. The van der Waals surface area contributed by atoms with Crippen LogP contribution < -0.4 is 10.1 Å². The van der Waals surface area contributed by atoms with Gasteiger partial charge in [-0.25, -0.2) is 0 Å². The lowest BCUT2D eigenvalue weighted by molar-refractivity contribution is 0.281. The van der Waals surface area contributed by atoms with Gasteiger partial charge in [-0.3, -0.25) is 0 Å². The molecule has 0 aliphatic carbocycles. The predicted molar refractivity (Wildman–Crippen MR) is 56.4 cm³/mol. The third kappa shape index (κ3) is 3.77. The summed E-state index contributed by atoms with van der Waals surface area (Å²) >= 11 is 0. The first-order chi connectivity index (χ1) is 6.86. The Bertz CT molecular complexity index is 246. The van der Waals surface area contributed by atoms with Gasteiger partial charge < -0.3 is 15.2 Å². The minimum Gasteiger partial charge on any atom is -0.494 e. The van der Waals surface area contributed by atoms with Crippen LogP contribution in [0.1, 0.15) is 12.0 Å². The number of aliphatic hydroxyl groups is 1. The van der Waals surface area contributed by atoms with Crippen molar-refractivity contribution in [2.45, 2.75) is 13.0 Å². The molecule has 0 amide bonds. The molecule has 0 radical (unpaired) electrons. The molecule has 0 unspecified atom stereocenters. The van der Waals surface area contributed by atoms with Crippen LogP contribution in [-0.2, 0) is 6.61 Å². The second kappa shape index (κ2) is 6.40. The zero-order valence-corrected chi connectivity index (χ0v) is 8.49. The van der Waals surface area contributed by atoms with E-state index in [1.165, 1.54) is 0 Å². The molecule has 78 valence electrons. The SMILES string of the molecule is CNCCCOc1ccc(CO)cc1. The molecule has 1 aromatic rings. The molecule has 1 aromatic carbocycles. The third-order valence-corrected chi connectivity index (χ3v) is 1.95. The van der Waals surface area contributed by atoms with Gasteiger partial charge in [0, 0.05) is 0 Å². The molecule has 1 rings (SSSR count). The number of nitrogens with one attached hydrogen (secondary N) is 1. The normalized spacial score (nSPS) is 10.1. The van der Waals surface area contributed by atoms with Crippen molar-refractivity contribution >= 4 is 0 Å². The number of benzene rings is 1. The summed E-state index contributed by atoms with van der Waals surface area (Å²) in [7, 11) is 1.93. The van der Waals surface area contributed by atoms with Gasteiger partial charge in [0.1, 0.15) is 5.75 Å². The predicted octanol–water partition coefficient (Wildman–Crippen LogP) is 1.17. The monoisotopic (exact) mass is 195 g/mol. The van der Waals surface area contributed by atoms with Crippen LogP contribution in [0.4, 0.5) is 0 Å². The van der Waals surface area contributed by atoms with E-state index < -0.39 is 0 Å². The molecule has 2 N–H and O–H groups in total. The number of rotatable bonds is 6. The van der Waals surface area contributed by atoms with Gasteiger partial charge in [-0.1, -0.05) is 12.1 Å². The lowest BCUT2D eigenvalue weighted by Gasteiger charge is -2.06. The molecule has 0 saturated carbocycles. The Morgan fingerprint density at radius 1 is 1.29 bits per heavy atom. The molecule has 0 aromatic heterocycles. The van der Waals surface area contributed by atoms with Crippen molar-refractivity contribution in [1.29, 1.82) is 0 Å². The summed E-state index contributed by atoms with van der Waals surface area (Å²) in [5.74, 6) is 0.860. The molecular weight excluding hydrogens is 178 g/mol. The molecule has 3 nitrogen and oxygen atoms in total. The quantitative estimate of drug-likeness (QED) is 0.669. The molecule has 14 heavy (non-hydrogen) atoms. The van der Waals surface area contributed by atoms with Crippen LogP contribution in [0.3, 0.4) is 0 Å². The van der Waals surface area contributed by atoms with Gasteiger partial charge in [-0.15, -0.1) is 0 Å². The van der Waals surface area contributed by atoms with Crippen LogP contribution in [0.25, 0.3) is 0 Å². The molecule has 3 heteroatoms. The zero-order valence-electron chi connectivity index (χ0n) is 8.49. The number of hydrogen-bond acceptors (Lipinski definition) is 3. The van der Waals surface area contributed by atoms with E-state index >= 15 is 0 Å². The van der Waals surface area contributed by atoms with Gasteiger partial charge in [-0.05, 0) is 37.7 Å². The maximum atomic E-state index is 8.83. The molecule has 0 aliphatic heterocycles. The van der Waals surface area contributed by atoms with Crippen molar-refractivity contribution in [3.63, 3.8) is 0 Å². The molecular formula is C11H17NO2. The lowest BCUT2D eigenvalue weighted by Crippen LogP contribution is -2.11. The minimum atomic E-state index is 0.0834. The second-order valence-corrected chi connectivity index (χ2v) is 3.11. The van der Waals surface area contributed by atoms with Gasteiger partial charge in [0.15, 0.2) is 0 Å². The van der Waals surface area contributed by atoms with E-state index in [9.17, 15) is 0 Å². The third-order valence-electron chi connectivity index (χ3n) is 1.95. The van der Waals surface area contributed by atoms with Gasteiger partial charge in [-0.2, -0.15) is 0 Å². The van der Waals surface area contributed by atoms with Crippen LogP contribution in [0, 0.1) is 0 Å². The first kappa shape index (κ1) is 11.0. The van der Waals surface area contributed by atoms with Gasteiger partial charge in [0.05, 0.1) is 13.2 Å². The van der Waals surface area contributed by atoms with Gasteiger partial charge in [0.2, 0.25) is 0 Å². The Kier molecular flexibility index (Phi) is 5.04. The average Bonchev–Trinajstić information content (AvgIpc) is 2.25. The summed E-state index contributed by atoms with van der Waals surface area (Å²) in [6.45, 7) is 1.77. The standard InChI is InChI=1S/C11H17NO2/c1-12-7-2-8-14-11-5-3-10(9-13)4-6-11/h3-6,12-13H,2,7-9H2,1H3. The van der Waals surface area contributed by atoms with E-state index in [1.807, 2.05) is 31.3 Å². The van der Waals surface area contributed by atoms with Crippen LogP contribution in [-0.4, -0.2) is 25.3 Å². The molecule has 0 atom stereocenters. The first-order valence-corrected chi connectivity index (χ1v) is 4.84. The fourth-order valence-electron chi connectivity index (χ4n) is 1.13. The largest absolute Gasteiger partial charge is 0.494 e. The fraction of sp³-hybridized carbons (Fsp3) is 0.455. The number of hydrogen-bond donors (Lipinski definition) is 2. The van der Waals surface area contributed by atoms with E-state index in [1.54, 1.807) is 0 Å². The molecule has 0 bridgehead atoms. The highest BCUT2D eigenvalue weighted by atomic mass is 16.5. The highest BCUT2D eigenvalue weighted by Crippen LogP contribution is 2.11. The Morgan fingerprint density at radius 2 is 2.00 bits per heavy atom. The van der Waals surface area contributed by atoms with Crippen molar-refractivity contribution in [2.24, 2.45) is 0 Å². The maximum absolute atomic E-state index is 8.83. The summed E-state index contributed by atoms with van der Waals surface area (Å²) in [5, 5.41) is 11.9.